The molecule has 0 atom stereocenters. The molecule has 3 aromatic rings. The summed E-state index contributed by atoms with van der Waals surface area (Å²) in [5.41, 5.74) is -4.51. The second-order valence-electron chi connectivity index (χ2n) is 3.75. The number of aromatic nitrogens is 2. The number of nitrogens with zero attached hydrogens (tertiary/aromatic N) is 3. The number of hydrogen-bond acceptors (Lipinski definition) is 8. The first kappa shape index (κ1) is 12.5. The highest BCUT2D eigenvalue weighted by Crippen LogP contribution is 2.14. The lowest BCUT2D eigenvalue weighted by Gasteiger charge is -2.00. The SMILES string of the molecule is N=c1c(F)c2nc3c(=O)oc(=O)c3nc2c(F)c1=NS. The van der Waals surface area contributed by atoms with Crippen LogP contribution in [0.5, 0.6) is 0 Å². The third-order valence-corrected chi connectivity index (χ3v) is 2.85. The molecule has 20 heavy (non-hydrogen) atoms. The van der Waals surface area contributed by atoms with Crippen molar-refractivity contribution >= 4 is 34.9 Å². The summed E-state index contributed by atoms with van der Waals surface area (Å²) in [6, 6.07) is 0. The van der Waals surface area contributed by atoms with Crippen LogP contribution in [0.25, 0.3) is 22.1 Å². The Hall–Kier alpha value is -2.49. The van der Waals surface area contributed by atoms with E-state index in [-0.39, 0.29) is 0 Å². The third-order valence-electron chi connectivity index (χ3n) is 2.65. The fourth-order valence-electron chi connectivity index (χ4n) is 1.75. The molecule has 10 heteroatoms. The quantitative estimate of drug-likeness (QED) is 0.542. The zero-order chi connectivity index (χ0) is 14.6. The Balaban J connectivity index is 2.76. The van der Waals surface area contributed by atoms with Crippen LogP contribution in [-0.2, 0) is 0 Å². The molecular formula is C10H2F2N4O3S. The Labute approximate surface area is 112 Å². The van der Waals surface area contributed by atoms with E-state index in [1.807, 2.05) is 0 Å². The molecule has 0 saturated carbocycles. The van der Waals surface area contributed by atoms with Gasteiger partial charge in [0.2, 0.25) is 0 Å². The molecule has 0 bridgehead atoms. The first-order chi connectivity index (χ1) is 9.45. The largest absolute Gasteiger partial charge is 0.383 e. The monoisotopic (exact) mass is 296 g/mol. The highest BCUT2D eigenvalue weighted by Gasteiger charge is 2.20. The molecule has 1 aromatic carbocycles. The normalized spacial score (nSPS) is 12.7. The summed E-state index contributed by atoms with van der Waals surface area (Å²) in [5.74, 6) is -2.39. The summed E-state index contributed by atoms with van der Waals surface area (Å²) in [6.07, 6.45) is 0. The molecule has 0 fully saturated rings. The molecule has 0 aliphatic carbocycles. The summed E-state index contributed by atoms with van der Waals surface area (Å²) in [7, 11) is 0. The fourth-order valence-corrected chi connectivity index (χ4v) is 1.93. The first-order valence-electron chi connectivity index (χ1n) is 5.01. The number of halogens is 2. The predicted octanol–water partition coefficient (Wildman–Crippen LogP) is -0.525. The van der Waals surface area contributed by atoms with Crippen LogP contribution in [-0.4, -0.2) is 9.97 Å². The average Bonchev–Trinajstić information content (AvgIpc) is 2.70. The zero-order valence-corrected chi connectivity index (χ0v) is 10.2. The van der Waals surface area contributed by atoms with Crippen molar-refractivity contribution in [2.24, 2.45) is 4.40 Å². The number of hydrogen-bond donors (Lipinski definition) is 2. The Morgan fingerprint density at radius 1 is 1.00 bits per heavy atom. The van der Waals surface area contributed by atoms with Crippen LogP contribution >= 0.6 is 12.8 Å². The van der Waals surface area contributed by atoms with Crippen molar-refractivity contribution in [3.05, 3.63) is 43.2 Å². The standard InChI is InChI=1S/C10H2F2N4O3S/c11-1-3(13)4(16-20)2(12)6-5(1)14-7-8(15-6)10(18)19-9(7)17/h13,20H. The van der Waals surface area contributed by atoms with Gasteiger partial charge in [-0.15, -0.1) is 0 Å². The molecule has 0 unspecified atom stereocenters. The summed E-state index contributed by atoms with van der Waals surface area (Å²) >= 11 is 3.44. The summed E-state index contributed by atoms with van der Waals surface area (Å²) in [6.45, 7) is 0. The summed E-state index contributed by atoms with van der Waals surface area (Å²) in [4.78, 5) is 29.7. The van der Waals surface area contributed by atoms with Gasteiger partial charge in [-0.05, 0) is 12.8 Å². The fraction of sp³-hybridized carbons (Fsp3) is 0. The van der Waals surface area contributed by atoms with Gasteiger partial charge >= 0.3 is 11.3 Å². The van der Waals surface area contributed by atoms with Crippen molar-refractivity contribution in [2.75, 3.05) is 0 Å². The molecule has 0 spiro atoms. The van der Waals surface area contributed by atoms with E-state index in [9.17, 15) is 18.4 Å². The molecule has 2 aromatic heterocycles. The zero-order valence-electron chi connectivity index (χ0n) is 9.27. The van der Waals surface area contributed by atoms with E-state index in [1.54, 1.807) is 0 Å². The van der Waals surface area contributed by atoms with Crippen LogP contribution < -0.4 is 22.0 Å². The van der Waals surface area contributed by atoms with E-state index in [0.717, 1.165) is 0 Å². The van der Waals surface area contributed by atoms with Crippen LogP contribution in [0.3, 0.4) is 0 Å². The number of benzene rings is 1. The Morgan fingerprint density at radius 2 is 1.50 bits per heavy atom. The Bertz CT molecular complexity index is 1100. The minimum absolute atomic E-state index is 0.511. The van der Waals surface area contributed by atoms with Crippen molar-refractivity contribution in [2.45, 2.75) is 0 Å². The van der Waals surface area contributed by atoms with Gasteiger partial charge in [-0.25, -0.2) is 32.7 Å². The second kappa shape index (κ2) is 4.00. The molecule has 0 amide bonds. The number of furan rings is 1. The van der Waals surface area contributed by atoms with Gasteiger partial charge in [0.25, 0.3) is 0 Å². The van der Waals surface area contributed by atoms with E-state index in [0.29, 0.717) is 0 Å². The van der Waals surface area contributed by atoms with Crippen LogP contribution in [0.2, 0.25) is 0 Å². The first-order valence-corrected chi connectivity index (χ1v) is 5.41. The molecule has 7 nitrogen and oxygen atoms in total. The van der Waals surface area contributed by atoms with Gasteiger partial charge in [0, 0.05) is 0 Å². The molecule has 2 heterocycles. The van der Waals surface area contributed by atoms with Gasteiger partial charge in [0.05, 0.1) is 0 Å². The van der Waals surface area contributed by atoms with Crippen molar-refractivity contribution in [3.8, 4) is 0 Å². The molecule has 0 radical (unpaired) electrons. The van der Waals surface area contributed by atoms with Gasteiger partial charge in [0.1, 0.15) is 21.7 Å². The maximum absolute atomic E-state index is 14.0. The van der Waals surface area contributed by atoms with Crippen LogP contribution in [0.1, 0.15) is 0 Å². The molecule has 1 N–H and O–H groups in total. The van der Waals surface area contributed by atoms with Crippen molar-refractivity contribution in [1.29, 1.82) is 5.41 Å². The van der Waals surface area contributed by atoms with E-state index in [2.05, 4.69) is 31.6 Å². The number of nitrogens with one attached hydrogen (secondary N) is 1. The third kappa shape index (κ3) is 1.45. The second-order valence-corrected chi connectivity index (χ2v) is 3.95. The van der Waals surface area contributed by atoms with Gasteiger partial charge in [-0.1, -0.05) is 0 Å². The smallest absolute Gasteiger partial charge is 0.367 e. The topological polar surface area (TPSA) is 109 Å². The predicted molar refractivity (Wildman–Crippen MR) is 64.5 cm³/mol. The lowest BCUT2D eigenvalue weighted by Crippen LogP contribution is -2.31. The van der Waals surface area contributed by atoms with Crippen molar-refractivity contribution in [1.82, 2.24) is 9.97 Å². The molecule has 0 aliphatic heterocycles. The molecule has 3 rings (SSSR count). The van der Waals surface area contributed by atoms with E-state index in [4.69, 9.17) is 5.41 Å². The highest BCUT2D eigenvalue weighted by molar-refractivity contribution is 7.78. The maximum Gasteiger partial charge on any atom is 0.367 e. The summed E-state index contributed by atoms with van der Waals surface area (Å²) < 4.78 is 35.4. The number of thiol groups is 1. The Kier molecular flexibility index (Phi) is 2.51. The Morgan fingerprint density at radius 3 is 2.00 bits per heavy atom. The average molecular weight is 296 g/mol. The summed E-state index contributed by atoms with van der Waals surface area (Å²) in [5, 5.41) is 5.84. The van der Waals surface area contributed by atoms with E-state index >= 15 is 0 Å². The molecular weight excluding hydrogens is 294 g/mol. The van der Waals surface area contributed by atoms with Crippen molar-refractivity contribution < 1.29 is 13.2 Å². The van der Waals surface area contributed by atoms with Gasteiger partial charge in [-0.2, -0.15) is 0 Å². The number of fused-ring (bicyclic) bond motifs is 2. The van der Waals surface area contributed by atoms with E-state index in [1.165, 1.54) is 0 Å². The van der Waals surface area contributed by atoms with Crippen molar-refractivity contribution in [3.63, 3.8) is 0 Å². The lowest BCUT2D eigenvalue weighted by molar-refractivity contribution is 0.498. The molecule has 0 aliphatic rings. The maximum atomic E-state index is 14.0. The lowest BCUT2D eigenvalue weighted by atomic mass is 10.2. The van der Waals surface area contributed by atoms with Crippen LogP contribution in [0, 0.1) is 17.0 Å². The minimum atomic E-state index is -1.23. The van der Waals surface area contributed by atoms with E-state index < -0.39 is 55.7 Å². The minimum Gasteiger partial charge on any atom is -0.383 e. The van der Waals surface area contributed by atoms with Gasteiger partial charge < -0.3 is 4.42 Å². The van der Waals surface area contributed by atoms with Gasteiger partial charge in [0.15, 0.2) is 22.7 Å². The highest BCUT2D eigenvalue weighted by atomic mass is 32.1. The van der Waals surface area contributed by atoms with Gasteiger partial charge in [-0.3, -0.25) is 5.41 Å². The van der Waals surface area contributed by atoms with Crippen LogP contribution in [0.15, 0.2) is 18.4 Å². The molecule has 0 saturated heterocycles. The van der Waals surface area contributed by atoms with Crippen LogP contribution in [0.4, 0.5) is 8.78 Å². The number of rotatable bonds is 0. The molecule has 100 valence electrons.